The summed E-state index contributed by atoms with van der Waals surface area (Å²) in [5, 5.41) is 0. The van der Waals surface area contributed by atoms with Gasteiger partial charge in [0.05, 0.1) is 4.05 Å². The molecule has 0 saturated heterocycles. The average molecular weight is 270 g/mol. The summed E-state index contributed by atoms with van der Waals surface area (Å²) in [5.41, 5.74) is 6.78. The van der Waals surface area contributed by atoms with E-state index in [1.54, 1.807) is 0 Å². The van der Waals surface area contributed by atoms with Crippen LogP contribution in [0.5, 0.6) is 0 Å². The molecule has 0 fully saturated rings. The van der Waals surface area contributed by atoms with E-state index in [0.29, 0.717) is 0 Å². The summed E-state index contributed by atoms with van der Waals surface area (Å²) in [4.78, 5) is 0. The van der Waals surface area contributed by atoms with E-state index in [9.17, 15) is 0 Å². The summed E-state index contributed by atoms with van der Waals surface area (Å²) in [5.74, 6) is 0. The molecule has 0 aliphatic carbocycles. The van der Waals surface area contributed by atoms with Crippen LogP contribution in [0.2, 0.25) is 0 Å². The molecule has 0 aliphatic rings. The van der Waals surface area contributed by atoms with Crippen LogP contribution in [0, 0.1) is 0 Å². The molecular formula is C7H9ClIN. The van der Waals surface area contributed by atoms with Gasteiger partial charge in [-0.1, -0.05) is 52.9 Å². The minimum absolute atomic E-state index is 0. The van der Waals surface area contributed by atoms with Crippen molar-refractivity contribution in [3.63, 3.8) is 0 Å². The first kappa shape index (κ1) is 10.2. The molecule has 1 atom stereocenters. The normalized spacial score (nSPS) is 11.8. The number of nitrogens with two attached hydrogens (primary N) is 1. The highest BCUT2D eigenvalue weighted by molar-refractivity contribution is 14.1. The Morgan fingerprint density at radius 3 is 2.00 bits per heavy atom. The Hall–Kier alpha value is 0.200. The van der Waals surface area contributed by atoms with Gasteiger partial charge in [-0.2, -0.15) is 0 Å². The summed E-state index contributed by atoms with van der Waals surface area (Å²) >= 11 is 2.19. The quantitative estimate of drug-likeness (QED) is 0.473. The van der Waals surface area contributed by atoms with E-state index in [-0.39, 0.29) is 16.5 Å². The lowest BCUT2D eigenvalue weighted by Crippen LogP contribution is -1.99. The molecule has 0 saturated carbocycles. The fourth-order valence-corrected chi connectivity index (χ4v) is 1.05. The van der Waals surface area contributed by atoms with E-state index in [1.165, 1.54) is 5.56 Å². The zero-order chi connectivity index (χ0) is 6.69. The molecule has 56 valence electrons. The van der Waals surface area contributed by atoms with E-state index >= 15 is 0 Å². The Morgan fingerprint density at radius 2 is 1.70 bits per heavy atom. The zero-order valence-electron chi connectivity index (χ0n) is 5.33. The molecule has 0 bridgehead atoms. The molecule has 1 aromatic carbocycles. The first-order valence-corrected chi connectivity index (χ1v) is 4.00. The number of rotatable bonds is 1. The van der Waals surface area contributed by atoms with Crippen LogP contribution in [0.4, 0.5) is 0 Å². The van der Waals surface area contributed by atoms with Gasteiger partial charge in [0.2, 0.25) is 0 Å². The van der Waals surface area contributed by atoms with Crippen molar-refractivity contribution >= 4 is 35.0 Å². The molecule has 0 radical (unpaired) electrons. The molecule has 3 heteroatoms. The molecule has 0 aromatic heterocycles. The van der Waals surface area contributed by atoms with Gasteiger partial charge in [0.15, 0.2) is 0 Å². The predicted molar refractivity (Wildman–Crippen MR) is 54.6 cm³/mol. The third-order valence-electron chi connectivity index (χ3n) is 1.12. The van der Waals surface area contributed by atoms with E-state index < -0.39 is 0 Å². The van der Waals surface area contributed by atoms with Crippen molar-refractivity contribution in [2.45, 2.75) is 4.05 Å². The number of hydrogen-bond acceptors (Lipinski definition) is 1. The lowest BCUT2D eigenvalue weighted by Gasteiger charge is -2.00. The van der Waals surface area contributed by atoms with Gasteiger partial charge in [0.1, 0.15) is 0 Å². The Bertz CT molecular complexity index is 176. The first-order chi connectivity index (χ1) is 4.30. The monoisotopic (exact) mass is 269 g/mol. The van der Waals surface area contributed by atoms with Crippen molar-refractivity contribution in [3.8, 4) is 0 Å². The first-order valence-electron chi connectivity index (χ1n) is 2.75. The van der Waals surface area contributed by atoms with Gasteiger partial charge >= 0.3 is 0 Å². The van der Waals surface area contributed by atoms with E-state index in [4.69, 9.17) is 5.73 Å². The average Bonchev–Trinajstić information content (AvgIpc) is 1.90. The van der Waals surface area contributed by atoms with Gasteiger partial charge in [-0.05, 0) is 5.56 Å². The van der Waals surface area contributed by atoms with Gasteiger partial charge in [0.25, 0.3) is 0 Å². The number of benzene rings is 1. The fraction of sp³-hybridized carbons (Fsp3) is 0.143. The Kier molecular flexibility index (Phi) is 5.03. The number of hydrogen-bond donors (Lipinski definition) is 1. The van der Waals surface area contributed by atoms with Crippen LogP contribution < -0.4 is 5.73 Å². The second kappa shape index (κ2) is 4.93. The lowest BCUT2D eigenvalue weighted by molar-refractivity contribution is 1.08. The lowest BCUT2D eigenvalue weighted by atomic mass is 10.2. The maximum atomic E-state index is 5.60. The minimum Gasteiger partial charge on any atom is -0.316 e. The number of alkyl halides is 1. The second-order valence-corrected chi connectivity index (χ2v) is 3.15. The molecule has 10 heavy (non-hydrogen) atoms. The fourth-order valence-electron chi connectivity index (χ4n) is 0.637. The van der Waals surface area contributed by atoms with Gasteiger partial charge in [-0.15, -0.1) is 12.4 Å². The standard InChI is InChI=1S/C7H8IN.ClH/c8-7(9)6-4-2-1-3-5-6;/h1-5,7H,9H2;1H. The molecule has 1 rings (SSSR count). The molecule has 0 amide bonds. The third-order valence-corrected chi connectivity index (χ3v) is 1.84. The Balaban J connectivity index is 0.000000810. The van der Waals surface area contributed by atoms with Gasteiger partial charge < -0.3 is 5.73 Å². The van der Waals surface area contributed by atoms with Gasteiger partial charge in [0, 0.05) is 0 Å². The van der Waals surface area contributed by atoms with Crippen LogP contribution in [0.3, 0.4) is 0 Å². The molecule has 1 aromatic rings. The van der Waals surface area contributed by atoms with Crippen molar-refractivity contribution in [3.05, 3.63) is 35.9 Å². The molecule has 1 unspecified atom stereocenters. The highest BCUT2D eigenvalue weighted by atomic mass is 127. The summed E-state index contributed by atoms with van der Waals surface area (Å²) in [7, 11) is 0. The summed E-state index contributed by atoms with van der Waals surface area (Å²) < 4.78 is 0.129. The molecular weight excluding hydrogens is 260 g/mol. The smallest absolute Gasteiger partial charge is 0.0824 e. The van der Waals surface area contributed by atoms with Crippen molar-refractivity contribution in [1.29, 1.82) is 0 Å². The highest BCUT2D eigenvalue weighted by Gasteiger charge is 1.95. The van der Waals surface area contributed by atoms with Crippen LogP contribution in [0.25, 0.3) is 0 Å². The zero-order valence-corrected chi connectivity index (χ0v) is 8.30. The summed E-state index contributed by atoms with van der Waals surface area (Å²) in [6, 6.07) is 10.0. The Morgan fingerprint density at radius 1 is 1.20 bits per heavy atom. The van der Waals surface area contributed by atoms with Gasteiger partial charge in [-0.25, -0.2) is 0 Å². The van der Waals surface area contributed by atoms with Crippen molar-refractivity contribution in [2.24, 2.45) is 5.73 Å². The van der Waals surface area contributed by atoms with Gasteiger partial charge in [-0.3, -0.25) is 0 Å². The molecule has 1 nitrogen and oxygen atoms in total. The topological polar surface area (TPSA) is 26.0 Å². The van der Waals surface area contributed by atoms with E-state index in [2.05, 4.69) is 22.6 Å². The van der Waals surface area contributed by atoms with E-state index in [0.717, 1.165) is 0 Å². The van der Waals surface area contributed by atoms with Crippen molar-refractivity contribution in [2.75, 3.05) is 0 Å². The van der Waals surface area contributed by atoms with Crippen LogP contribution in [0.15, 0.2) is 30.3 Å². The molecule has 0 spiro atoms. The molecule has 2 N–H and O–H groups in total. The molecule has 0 heterocycles. The van der Waals surface area contributed by atoms with Crippen LogP contribution in [-0.4, -0.2) is 0 Å². The minimum atomic E-state index is 0. The number of halogens is 2. The highest BCUT2D eigenvalue weighted by Crippen LogP contribution is 2.15. The maximum Gasteiger partial charge on any atom is 0.0824 e. The summed E-state index contributed by atoms with van der Waals surface area (Å²) in [6.45, 7) is 0. The van der Waals surface area contributed by atoms with Crippen molar-refractivity contribution < 1.29 is 0 Å². The maximum absolute atomic E-state index is 5.60. The largest absolute Gasteiger partial charge is 0.316 e. The van der Waals surface area contributed by atoms with Crippen LogP contribution >= 0.6 is 35.0 Å². The van der Waals surface area contributed by atoms with Crippen LogP contribution in [-0.2, 0) is 0 Å². The van der Waals surface area contributed by atoms with Crippen molar-refractivity contribution in [1.82, 2.24) is 0 Å². The predicted octanol–water partition coefficient (Wildman–Crippen LogP) is 2.50. The molecule has 0 aliphatic heterocycles. The van der Waals surface area contributed by atoms with E-state index in [1.807, 2.05) is 30.3 Å². The van der Waals surface area contributed by atoms with Crippen LogP contribution in [0.1, 0.15) is 9.61 Å². The summed E-state index contributed by atoms with van der Waals surface area (Å²) in [6.07, 6.45) is 0. The second-order valence-electron chi connectivity index (χ2n) is 1.81. The third kappa shape index (κ3) is 2.86. The SMILES string of the molecule is Cl.NC(I)c1ccccc1. The Labute approximate surface area is 80.6 Å².